The highest BCUT2D eigenvalue weighted by molar-refractivity contribution is 7.98. The molecule has 0 spiro atoms. The third-order valence-corrected chi connectivity index (χ3v) is 10.8. The van der Waals surface area contributed by atoms with Crippen LogP contribution in [0.15, 0.2) is 23.3 Å². The zero-order valence-electron chi connectivity index (χ0n) is 24.1. The predicted molar refractivity (Wildman–Crippen MR) is 158 cm³/mol. The second-order valence-corrected chi connectivity index (χ2v) is 14.6. The lowest BCUT2D eigenvalue weighted by Gasteiger charge is -2.21. The number of aromatic nitrogens is 4. The Morgan fingerprint density at radius 1 is 1.07 bits per heavy atom. The molecule has 7 N–H and O–H groups in total. The predicted octanol–water partition coefficient (Wildman–Crippen LogP) is 1.63. The quantitative estimate of drug-likeness (QED) is 0.0692. The zero-order chi connectivity index (χ0) is 33.9. The first kappa shape index (κ1) is 36.3. The van der Waals surface area contributed by atoms with Gasteiger partial charge in [0.2, 0.25) is 5.95 Å². The monoisotopic (exact) mass is 733 g/mol. The standard InChI is InChI=1S/C21H30N5O16P3S/c1-35-11-4-13(36-2)12(14(5-11)37-3)8-46-10-38-15-6-17(26-9-23-18-19(26)24-21(22)25-20(18)27)40-16(15)7-39-44(31,32)42-45(33,34)41-43(28,29)30/h4-5,9,15-17H,6-8,10H2,1-3H3,(H,31,32)(H,33,34)(H2,28,29,30)(H3,22,24,25,27)/t15-,16+,17+/m0/s1. The molecule has 1 fully saturated rings. The number of nitrogens with zero attached hydrogens (tertiary/aromatic N) is 3. The Morgan fingerprint density at radius 2 is 1.74 bits per heavy atom. The summed E-state index contributed by atoms with van der Waals surface area (Å²) in [4.78, 5) is 59.6. The maximum absolute atomic E-state index is 12.4. The van der Waals surface area contributed by atoms with Crippen LogP contribution >= 0.6 is 35.2 Å². The van der Waals surface area contributed by atoms with E-state index in [0.717, 1.165) is 0 Å². The van der Waals surface area contributed by atoms with E-state index in [1.54, 1.807) is 12.1 Å². The highest BCUT2D eigenvalue weighted by Gasteiger charge is 2.43. The van der Waals surface area contributed by atoms with E-state index < -0.39 is 54.1 Å². The van der Waals surface area contributed by atoms with Gasteiger partial charge in [0.05, 0.1) is 46.3 Å². The molecule has 3 heterocycles. The minimum absolute atomic E-state index is 0.0371. The number of ether oxygens (including phenoxy) is 5. The van der Waals surface area contributed by atoms with E-state index in [-0.39, 0.29) is 29.5 Å². The van der Waals surface area contributed by atoms with Gasteiger partial charge in [-0.15, -0.1) is 11.8 Å². The summed E-state index contributed by atoms with van der Waals surface area (Å²) in [5.74, 6) is 1.76. The minimum Gasteiger partial charge on any atom is -0.496 e. The number of rotatable bonds is 16. The van der Waals surface area contributed by atoms with Gasteiger partial charge in [0, 0.05) is 29.9 Å². The first-order valence-corrected chi connectivity index (χ1v) is 18.4. The normalized spacial score (nSPS) is 21.2. The first-order chi connectivity index (χ1) is 21.5. The topological polar surface area (TPSA) is 296 Å². The number of H-pyrrole nitrogens is 1. The third-order valence-electron chi connectivity index (χ3n) is 6.19. The van der Waals surface area contributed by atoms with Crippen LogP contribution in [0, 0.1) is 0 Å². The van der Waals surface area contributed by atoms with E-state index in [2.05, 4.69) is 23.6 Å². The Kier molecular flexibility index (Phi) is 11.6. The Bertz CT molecular complexity index is 1720. The van der Waals surface area contributed by atoms with Crippen LogP contribution in [0.5, 0.6) is 17.2 Å². The molecule has 46 heavy (non-hydrogen) atoms. The Labute approximate surface area is 263 Å². The fourth-order valence-electron chi connectivity index (χ4n) is 4.32. The van der Waals surface area contributed by atoms with E-state index >= 15 is 0 Å². The molecular weight excluding hydrogens is 703 g/mol. The molecule has 5 atom stereocenters. The molecule has 0 radical (unpaired) electrons. The maximum atomic E-state index is 12.4. The van der Waals surface area contributed by atoms with Gasteiger partial charge in [0.15, 0.2) is 11.2 Å². The fourth-order valence-corrected chi connectivity index (χ4v) is 8.19. The lowest BCUT2D eigenvalue weighted by molar-refractivity contribution is -0.0523. The number of nitrogens with two attached hydrogens (primary N) is 1. The minimum atomic E-state index is -5.74. The molecule has 2 unspecified atom stereocenters. The van der Waals surface area contributed by atoms with Gasteiger partial charge < -0.3 is 49.0 Å². The summed E-state index contributed by atoms with van der Waals surface area (Å²) in [7, 11) is -12.3. The molecule has 1 aromatic carbocycles. The fraction of sp³-hybridized carbons (Fsp3) is 0.476. The van der Waals surface area contributed by atoms with Crippen molar-refractivity contribution in [2.45, 2.75) is 30.6 Å². The lowest BCUT2D eigenvalue weighted by Crippen LogP contribution is -2.29. The van der Waals surface area contributed by atoms with E-state index in [4.69, 9.17) is 43.7 Å². The summed E-state index contributed by atoms with van der Waals surface area (Å²) in [5, 5.41) is 0. The van der Waals surface area contributed by atoms with Crippen molar-refractivity contribution in [1.29, 1.82) is 0 Å². The molecule has 2 aromatic heterocycles. The van der Waals surface area contributed by atoms with Crippen LogP contribution in [0.2, 0.25) is 0 Å². The number of thioether (sulfide) groups is 1. The van der Waals surface area contributed by atoms with Gasteiger partial charge in [0.1, 0.15) is 29.6 Å². The van der Waals surface area contributed by atoms with Crippen molar-refractivity contribution in [2.24, 2.45) is 0 Å². The van der Waals surface area contributed by atoms with Gasteiger partial charge >= 0.3 is 23.5 Å². The van der Waals surface area contributed by atoms with Crippen molar-refractivity contribution in [3.63, 3.8) is 0 Å². The van der Waals surface area contributed by atoms with Crippen molar-refractivity contribution in [3.8, 4) is 17.2 Å². The molecule has 0 saturated carbocycles. The number of fused-ring (bicyclic) bond motifs is 1. The summed E-state index contributed by atoms with van der Waals surface area (Å²) in [5.41, 5.74) is 5.83. The van der Waals surface area contributed by atoms with Crippen LogP contribution in [0.4, 0.5) is 5.95 Å². The number of methoxy groups -OCH3 is 3. The largest absolute Gasteiger partial charge is 0.496 e. The van der Waals surface area contributed by atoms with Crippen LogP contribution < -0.4 is 25.5 Å². The molecular formula is C21H30N5O16P3S. The van der Waals surface area contributed by atoms with Crippen LogP contribution in [-0.4, -0.2) is 85.2 Å². The number of aromatic amines is 1. The summed E-state index contributed by atoms with van der Waals surface area (Å²) >= 11 is 1.31. The van der Waals surface area contributed by atoms with Crippen LogP contribution in [0.25, 0.3) is 11.2 Å². The molecule has 0 aliphatic carbocycles. The maximum Gasteiger partial charge on any atom is 0.490 e. The average molecular weight is 733 g/mol. The number of hydrogen-bond acceptors (Lipinski definition) is 16. The first-order valence-electron chi connectivity index (χ1n) is 12.7. The molecule has 1 aliphatic rings. The van der Waals surface area contributed by atoms with E-state index in [0.29, 0.717) is 28.6 Å². The van der Waals surface area contributed by atoms with Crippen LogP contribution in [0.1, 0.15) is 18.2 Å². The molecule has 256 valence electrons. The second-order valence-electron chi connectivity index (χ2n) is 9.21. The smallest absolute Gasteiger partial charge is 0.490 e. The molecule has 3 aromatic rings. The number of benzene rings is 1. The summed E-state index contributed by atoms with van der Waals surface area (Å²) in [6, 6.07) is 3.38. The number of anilines is 1. The number of nitrogen functional groups attached to an aromatic ring is 1. The molecule has 25 heteroatoms. The third kappa shape index (κ3) is 9.29. The molecule has 0 amide bonds. The summed E-state index contributed by atoms with van der Waals surface area (Å²) in [6.45, 7) is -0.779. The summed E-state index contributed by atoms with van der Waals surface area (Å²) < 4.78 is 76.9. The van der Waals surface area contributed by atoms with E-state index in [9.17, 15) is 28.3 Å². The average Bonchev–Trinajstić information content (AvgIpc) is 3.56. The van der Waals surface area contributed by atoms with Crippen molar-refractivity contribution in [3.05, 3.63) is 34.4 Å². The van der Waals surface area contributed by atoms with Crippen molar-refractivity contribution in [2.75, 3.05) is 39.6 Å². The molecule has 1 aliphatic heterocycles. The number of imidazole rings is 1. The Hall–Kier alpha value is -2.55. The van der Waals surface area contributed by atoms with Gasteiger partial charge in [0.25, 0.3) is 5.56 Å². The number of phosphoric acid groups is 3. The van der Waals surface area contributed by atoms with E-state index in [1.807, 2.05) is 0 Å². The molecule has 21 nitrogen and oxygen atoms in total. The Balaban J connectivity index is 1.49. The van der Waals surface area contributed by atoms with Crippen molar-refractivity contribution in [1.82, 2.24) is 19.5 Å². The highest BCUT2D eigenvalue weighted by Crippen LogP contribution is 2.66. The van der Waals surface area contributed by atoms with Crippen LogP contribution in [-0.2, 0) is 42.1 Å². The highest BCUT2D eigenvalue weighted by atomic mass is 32.2. The number of phosphoric ester groups is 1. The van der Waals surface area contributed by atoms with Gasteiger partial charge in [-0.2, -0.15) is 13.6 Å². The van der Waals surface area contributed by atoms with Gasteiger partial charge in [-0.25, -0.2) is 18.7 Å². The number of hydrogen-bond donors (Lipinski definition) is 6. The second kappa shape index (κ2) is 14.7. The van der Waals surface area contributed by atoms with Gasteiger partial charge in [-0.05, 0) is 0 Å². The van der Waals surface area contributed by atoms with Crippen LogP contribution in [0.3, 0.4) is 0 Å². The summed E-state index contributed by atoms with van der Waals surface area (Å²) in [6.07, 6.45) is -1.57. The zero-order valence-corrected chi connectivity index (χ0v) is 27.6. The van der Waals surface area contributed by atoms with Crippen molar-refractivity contribution >= 4 is 52.3 Å². The molecule has 1 saturated heterocycles. The number of nitrogens with one attached hydrogen (secondary N) is 1. The molecule has 0 bridgehead atoms. The van der Waals surface area contributed by atoms with E-state index in [1.165, 1.54) is 44.0 Å². The van der Waals surface area contributed by atoms with Crippen molar-refractivity contribution < 1.29 is 70.1 Å². The SMILES string of the molecule is COc1cc(OC)c(CSCO[C@H]2C[C@H](n3cnc4c(=O)[nH]c(N)nc43)O[C@@H]2COP(=O)(O)OP(=O)(O)OP(=O)(O)O)c(OC)c1. The van der Waals surface area contributed by atoms with Gasteiger partial charge in [-0.1, -0.05) is 0 Å². The molecule has 4 rings (SSSR count). The lowest BCUT2D eigenvalue weighted by atomic mass is 10.2. The Morgan fingerprint density at radius 3 is 2.35 bits per heavy atom. The van der Waals surface area contributed by atoms with Gasteiger partial charge in [-0.3, -0.25) is 18.9 Å².